The smallest absolute Gasteiger partial charge is 0.307 e. The highest BCUT2D eigenvalue weighted by Crippen LogP contribution is 2.48. The van der Waals surface area contributed by atoms with Crippen molar-refractivity contribution in [1.29, 1.82) is 0 Å². The zero-order valence-corrected chi connectivity index (χ0v) is 14.2. The molecular weight excluding hydrogens is 320 g/mol. The van der Waals surface area contributed by atoms with Crippen molar-refractivity contribution in [1.82, 2.24) is 10.9 Å². The van der Waals surface area contributed by atoms with E-state index in [4.69, 9.17) is 0 Å². The van der Waals surface area contributed by atoms with E-state index in [9.17, 15) is 19.5 Å². The lowest BCUT2D eigenvalue weighted by Gasteiger charge is -2.23. The molecule has 1 aromatic carbocycles. The second-order valence-corrected chi connectivity index (χ2v) is 7.06. The van der Waals surface area contributed by atoms with Gasteiger partial charge in [0.1, 0.15) is 0 Å². The van der Waals surface area contributed by atoms with Gasteiger partial charge in [0.25, 0.3) is 5.91 Å². The van der Waals surface area contributed by atoms with Crippen LogP contribution in [-0.4, -0.2) is 22.9 Å². The van der Waals surface area contributed by atoms with E-state index in [1.165, 1.54) is 0 Å². The summed E-state index contributed by atoms with van der Waals surface area (Å²) in [6.07, 6.45) is 4.46. The molecule has 3 rings (SSSR count). The topological polar surface area (TPSA) is 95.5 Å². The van der Waals surface area contributed by atoms with Gasteiger partial charge in [0.15, 0.2) is 0 Å². The van der Waals surface area contributed by atoms with E-state index in [2.05, 4.69) is 24.7 Å². The van der Waals surface area contributed by atoms with Gasteiger partial charge in [-0.25, -0.2) is 0 Å². The van der Waals surface area contributed by atoms with E-state index >= 15 is 0 Å². The molecule has 0 unspecified atom stereocenters. The summed E-state index contributed by atoms with van der Waals surface area (Å²) in [5, 5.41) is 9.38. The Balaban J connectivity index is 1.61. The number of rotatable bonds is 4. The first-order valence-corrected chi connectivity index (χ1v) is 8.49. The van der Waals surface area contributed by atoms with E-state index in [-0.39, 0.29) is 11.8 Å². The molecule has 1 saturated carbocycles. The van der Waals surface area contributed by atoms with E-state index in [1.807, 2.05) is 24.3 Å². The van der Waals surface area contributed by atoms with Crippen LogP contribution in [0.15, 0.2) is 36.4 Å². The number of aliphatic carboxylic acids is 1. The van der Waals surface area contributed by atoms with Gasteiger partial charge >= 0.3 is 5.97 Å². The lowest BCUT2D eigenvalue weighted by atomic mass is 9.82. The van der Waals surface area contributed by atoms with Gasteiger partial charge in [-0.15, -0.1) is 0 Å². The Hall–Kier alpha value is -2.63. The third-order valence-electron chi connectivity index (χ3n) is 5.19. The minimum atomic E-state index is -0.965. The van der Waals surface area contributed by atoms with Gasteiger partial charge in [-0.1, -0.05) is 38.1 Å². The van der Waals surface area contributed by atoms with Crippen LogP contribution in [0.2, 0.25) is 0 Å². The average Bonchev–Trinajstić information content (AvgIpc) is 3.20. The molecular formula is C19H22N2O4. The first-order chi connectivity index (χ1) is 11.9. The SMILES string of the molecule is CC(C)c1ccc(C(=O)NNC(=O)[C@@H]2[C@@H](C(=O)O)[C@H]3C=C[C@@H]2C3)cc1. The van der Waals surface area contributed by atoms with E-state index in [1.54, 1.807) is 12.1 Å². The molecule has 0 aliphatic heterocycles. The van der Waals surface area contributed by atoms with Crippen LogP contribution in [0.5, 0.6) is 0 Å². The van der Waals surface area contributed by atoms with E-state index in [0.29, 0.717) is 17.9 Å². The van der Waals surface area contributed by atoms with Crippen molar-refractivity contribution in [2.24, 2.45) is 23.7 Å². The van der Waals surface area contributed by atoms with Gasteiger partial charge < -0.3 is 5.11 Å². The van der Waals surface area contributed by atoms with Gasteiger partial charge in [0, 0.05) is 5.56 Å². The van der Waals surface area contributed by atoms with Crippen LogP contribution in [0.3, 0.4) is 0 Å². The first-order valence-electron chi connectivity index (χ1n) is 8.49. The van der Waals surface area contributed by atoms with Crippen LogP contribution in [-0.2, 0) is 9.59 Å². The number of carbonyl (C=O) groups excluding carboxylic acids is 2. The molecule has 2 amide bonds. The Kier molecular flexibility index (Phi) is 4.61. The Morgan fingerprint density at radius 1 is 1.00 bits per heavy atom. The largest absolute Gasteiger partial charge is 0.481 e. The van der Waals surface area contributed by atoms with Crippen LogP contribution in [0, 0.1) is 23.7 Å². The fraction of sp³-hybridized carbons (Fsp3) is 0.421. The number of carboxylic acids is 1. The maximum atomic E-state index is 12.4. The van der Waals surface area contributed by atoms with Crippen molar-refractivity contribution in [3.63, 3.8) is 0 Å². The normalized spacial score (nSPS) is 26.7. The lowest BCUT2D eigenvalue weighted by Crippen LogP contribution is -2.48. The summed E-state index contributed by atoms with van der Waals surface area (Å²) in [5.41, 5.74) is 6.34. The summed E-state index contributed by atoms with van der Waals surface area (Å²) in [7, 11) is 0. The molecule has 0 heterocycles. The standard InChI is InChI=1S/C19H22N2O4/c1-10(2)11-3-5-12(6-4-11)17(22)20-21-18(23)15-13-7-8-14(9-13)16(15)19(24)25/h3-8,10,13-16H,9H2,1-2H3,(H,20,22)(H,21,23)(H,24,25)/t13-,14+,15+,16+/m1/s1. The molecule has 132 valence electrons. The Morgan fingerprint density at radius 3 is 2.16 bits per heavy atom. The fourth-order valence-corrected chi connectivity index (χ4v) is 3.81. The number of allylic oxidation sites excluding steroid dienone is 2. The molecule has 2 aliphatic rings. The van der Waals surface area contributed by atoms with Crippen molar-refractivity contribution in [3.8, 4) is 0 Å². The van der Waals surface area contributed by atoms with Gasteiger partial charge in [-0.2, -0.15) is 0 Å². The predicted molar refractivity (Wildman–Crippen MR) is 91.5 cm³/mol. The highest BCUT2D eigenvalue weighted by Gasteiger charge is 2.51. The first kappa shape index (κ1) is 17.2. The molecule has 4 atom stereocenters. The zero-order valence-electron chi connectivity index (χ0n) is 14.2. The van der Waals surface area contributed by atoms with E-state index in [0.717, 1.165) is 5.56 Å². The molecule has 6 nitrogen and oxygen atoms in total. The van der Waals surface area contributed by atoms with Crippen molar-refractivity contribution < 1.29 is 19.5 Å². The van der Waals surface area contributed by atoms with Crippen LogP contribution in [0.25, 0.3) is 0 Å². The van der Waals surface area contributed by atoms with Crippen LogP contribution >= 0.6 is 0 Å². The second kappa shape index (κ2) is 6.70. The maximum absolute atomic E-state index is 12.4. The van der Waals surface area contributed by atoms with Crippen molar-refractivity contribution in [2.45, 2.75) is 26.2 Å². The molecule has 1 fully saturated rings. The Morgan fingerprint density at radius 2 is 1.60 bits per heavy atom. The third-order valence-corrected chi connectivity index (χ3v) is 5.19. The number of carboxylic acid groups (broad SMARTS) is 1. The zero-order chi connectivity index (χ0) is 18.1. The summed E-state index contributed by atoms with van der Waals surface area (Å²) in [6.45, 7) is 4.13. The Labute approximate surface area is 146 Å². The molecule has 1 aromatic rings. The Bertz CT molecular complexity index is 723. The molecule has 2 aliphatic carbocycles. The second-order valence-electron chi connectivity index (χ2n) is 7.06. The van der Waals surface area contributed by atoms with Crippen molar-refractivity contribution in [2.75, 3.05) is 0 Å². The summed E-state index contributed by atoms with van der Waals surface area (Å²) in [4.78, 5) is 36.0. The summed E-state index contributed by atoms with van der Waals surface area (Å²) >= 11 is 0. The summed E-state index contributed by atoms with van der Waals surface area (Å²) < 4.78 is 0. The average molecular weight is 342 g/mol. The van der Waals surface area contributed by atoms with Crippen LogP contribution < -0.4 is 10.9 Å². The molecule has 0 spiro atoms. The highest BCUT2D eigenvalue weighted by molar-refractivity contribution is 5.96. The number of hydrogen-bond donors (Lipinski definition) is 3. The number of hydrogen-bond acceptors (Lipinski definition) is 3. The molecule has 0 aromatic heterocycles. The molecule has 3 N–H and O–H groups in total. The van der Waals surface area contributed by atoms with Gasteiger partial charge in [-0.3, -0.25) is 25.2 Å². The summed E-state index contributed by atoms with van der Waals surface area (Å²) in [5.74, 6) is -3.01. The lowest BCUT2D eigenvalue weighted by molar-refractivity contribution is -0.148. The molecule has 2 bridgehead atoms. The molecule has 6 heteroatoms. The third kappa shape index (κ3) is 3.29. The minimum Gasteiger partial charge on any atom is -0.481 e. The number of benzene rings is 1. The van der Waals surface area contributed by atoms with Crippen LogP contribution in [0.4, 0.5) is 0 Å². The quantitative estimate of drug-likeness (QED) is 0.577. The number of carbonyl (C=O) groups is 3. The maximum Gasteiger partial charge on any atom is 0.307 e. The van der Waals surface area contributed by atoms with Gasteiger partial charge in [-0.05, 0) is 41.9 Å². The van der Waals surface area contributed by atoms with E-state index < -0.39 is 29.6 Å². The molecule has 0 radical (unpaired) electrons. The number of fused-ring (bicyclic) bond motifs is 2. The number of amides is 2. The monoisotopic (exact) mass is 342 g/mol. The van der Waals surface area contributed by atoms with Crippen molar-refractivity contribution in [3.05, 3.63) is 47.5 Å². The number of nitrogens with one attached hydrogen (secondary N) is 2. The minimum absolute atomic E-state index is 0.0756. The van der Waals surface area contributed by atoms with Crippen molar-refractivity contribution >= 4 is 17.8 Å². The number of hydrazine groups is 1. The molecule has 25 heavy (non-hydrogen) atoms. The van der Waals surface area contributed by atoms with Gasteiger partial charge in [0.05, 0.1) is 11.8 Å². The highest BCUT2D eigenvalue weighted by atomic mass is 16.4. The van der Waals surface area contributed by atoms with Crippen LogP contribution in [0.1, 0.15) is 42.1 Å². The fourth-order valence-electron chi connectivity index (χ4n) is 3.81. The van der Waals surface area contributed by atoms with Gasteiger partial charge in [0.2, 0.25) is 5.91 Å². The summed E-state index contributed by atoms with van der Waals surface area (Å²) in [6, 6.07) is 7.17. The predicted octanol–water partition coefficient (Wildman–Crippen LogP) is 2.09. The molecule has 0 saturated heterocycles.